The van der Waals surface area contributed by atoms with Gasteiger partial charge in [-0.1, -0.05) is 41.9 Å². The predicted molar refractivity (Wildman–Crippen MR) is 107 cm³/mol. The summed E-state index contributed by atoms with van der Waals surface area (Å²) in [6.07, 6.45) is 1.51. The van der Waals surface area contributed by atoms with Crippen molar-refractivity contribution in [1.82, 2.24) is 10.2 Å². The maximum atomic E-state index is 12.8. The van der Waals surface area contributed by atoms with E-state index in [2.05, 4.69) is 5.32 Å². The minimum atomic E-state index is -0.495. The number of halogens is 1. The van der Waals surface area contributed by atoms with Crippen molar-refractivity contribution in [3.63, 3.8) is 0 Å². The van der Waals surface area contributed by atoms with Gasteiger partial charge in [0.2, 0.25) is 0 Å². The summed E-state index contributed by atoms with van der Waals surface area (Å²) in [5.74, 6) is 0.634. The molecule has 0 bridgehead atoms. The molecular formula is C21H21ClN2O4. The lowest BCUT2D eigenvalue weighted by Crippen LogP contribution is -2.30. The summed E-state index contributed by atoms with van der Waals surface area (Å²) in [6.45, 7) is 3.89. The van der Waals surface area contributed by atoms with Gasteiger partial charge in [0.05, 0.1) is 19.8 Å². The largest absolute Gasteiger partial charge is 0.493 e. The molecule has 1 heterocycles. The molecular weight excluding hydrogens is 380 g/mol. The Morgan fingerprint density at radius 2 is 1.89 bits per heavy atom. The predicted octanol–water partition coefficient (Wildman–Crippen LogP) is 4.23. The lowest BCUT2D eigenvalue weighted by molar-refractivity contribution is -0.123. The maximum absolute atomic E-state index is 12.8. The molecule has 1 aliphatic rings. The van der Waals surface area contributed by atoms with Gasteiger partial charge in [-0.3, -0.25) is 9.69 Å². The van der Waals surface area contributed by atoms with Crippen LogP contribution in [0.15, 0.2) is 48.2 Å². The van der Waals surface area contributed by atoms with Gasteiger partial charge in [-0.2, -0.15) is 0 Å². The van der Waals surface area contributed by atoms with Crippen molar-refractivity contribution in [3.05, 3.63) is 64.3 Å². The van der Waals surface area contributed by atoms with Gasteiger partial charge < -0.3 is 14.8 Å². The van der Waals surface area contributed by atoms with E-state index < -0.39 is 11.9 Å². The van der Waals surface area contributed by atoms with Crippen LogP contribution in [0.4, 0.5) is 4.79 Å². The number of nitrogens with zero attached hydrogens (tertiary/aromatic N) is 1. The average Bonchev–Trinajstić information content (AvgIpc) is 2.92. The number of benzene rings is 2. The van der Waals surface area contributed by atoms with Gasteiger partial charge in [-0.25, -0.2) is 4.79 Å². The summed E-state index contributed by atoms with van der Waals surface area (Å²) in [6, 6.07) is 12.0. The molecule has 1 fully saturated rings. The van der Waals surface area contributed by atoms with Gasteiger partial charge >= 0.3 is 6.03 Å². The number of ether oxygens (including phenoxy) is 2. The summed E-state index contributed by atoms with van der Waals surface area (Å²) in [4.78, 5) is 26.2. The van der Waals surface area contributed by atoms with Crippen molar-refractivity contribution in [3.8, 4) is 11.5 Å². The number of hydrogen-bond acceptors (Lipinski definition) is 4. The maximum Gasteiger partial charge on any atom is 0.329 e. The molecule has 0 radical (unpaired) electrons. The molecule has 3 amide bonds. The first-order valence-corrected chi connectivity index (χ1v) is 9.20. The summed E-state index contributed by atoms with van der Waals surface area (Å²) in [5.41, 5.74) is 1.49. The second kappa shape index (κ2) is 8.35. The fourth-order valence-corrected chi connectivity index (χ4v) is 3.03. The number of hydrogen-bond donors (Lipinski definition) is 1. The van der Waals surface area contributed by atoms with E-state index in [1.807, 2.05) is 19.9 Å². The van der Waals surface area contributed by atoms with Crippen LogP contribution in [0.2, 0.25) is 5.02 Å². The summed E-state index contributed by atoms with van der Waals surface area (Å²) in [7, 11) is 1.55. The minimum Gasteiger partial charge on any atom is -0.493 e. The molecule has 0 aliphatic carbocycles. The quantitative estimate of drug-likeness (QED) is 0.582. The monoisotopic (exact) mass is 400 g/mol. The van der Waals surface area contributed by atoms with Crippen LogP contribution in [-0.2, 0) is 11.3 Å². The zero-order valence-electron chi connectivity index (χ0n) is 15.9. The van der Waals surface area contributed by atoms with Crippen LogP contribution >= 0.6 is 11.6 Å². The molecule has 146 valence electrons. The molecule has 1 saturated heterocycles. The number of rotatable bonds is 6. The van der Waals surface area contributed by atoms with Gasteiger partial charge in [0.1, 0.15) is 5.70 Å². The number of urea groups is 1. The van der Waals surface area contributed by atoms with Gasteiger partial charge in [0, 0.05) is 10.6 Å². The minimum absolute atomic E-state index is 0.0842. The van der Waals surface area contributed by atoms with Crippen LogP contribution in [0.25, 0.3) is 6.08 Å². The lowest BCUT2D eigenvalue weighted by Gasteiger charge is -2.16. The number of methoxy groups -OCH3 is 1. The number of para-hydroxylation sites is 1. The van der Waals surface area contributed by atoms with Crippen molar-refractivity contribution < 1.29 is 19.1 Å². The van der Waals surface area contributed by atoms with E-state index in [-0.39, 0.29) is 18.3 Å². The van der Waals surface area contributed by atoms with Crippen molar-refractivity contribution in [2.24, 2.45) is 0 Å². The van der Waals surface area contributed by atoms with Crippen molar-refractivity contribution in [2.45, 2.75) is 26.5 Å². The summed E-state index contributed by atoms with van der Waals surface area (Å²) < 4.78 is 11.2. The summed E-state index contributed by atoms with van der Waals surface area (Å²) >= 11 is 6.15. The van der Waals surface area contributed by atoms with Crippen LogP contribution in [-0.4, -0.2) is 30.1 Å². The van der Waals surface area contributed by atoms with Gasteiger partial charge in [-0.15, -0.1) is 0 Å². The van der Waals surface area contributed by atoms with E-state index in [9.17, 15) is 9.59 Å². The topological polar surface area (TPSA) is 67.9 Å². The Balaban J connectivity index is 1.91. The van der Waals surface area contributed by atoms with E-state index in [1.165, 1.54) is 0 Å². The van der Waals surface area contributed by atoms with E-state index in [0.29, 0.717) is 27.6 Å². The van der Waals surface area contributed by atoms with Gasteiger partial charge in [0.15, 0.2) is 11.5 Å². The van der Waals surface area contributed by atoms with E-state index >= 15 is 0 Å². The highest BCUT2D eigenvalue weighted by Gasteiger charge is 2.34. The number of nitrogens with one attached hydrogen (secondary N) is 1. The number of amides is 3. The van der Waals surface area contributed by atoms with E-state index in [4.69, 9.17) is 21.1 Å². The fraction of sp³-hybridized carbons (Fsp3) is 0.238. The Bertz CT molecular complexity index is 940. The first-order chi connectivity index (χ1) is 13.4. The number of carbonyl (C=O) groups excluding carboxylic acids is 2. The highest BCUT2D eigenvalue weighted by molar-refractivity contribution is 6.31. The Labute approximate surface area is 168 Å². The molecule has 2 aromatic rings. The number of carbonyl (C=O) groups is 2. The molecule has 6 nitrogen and oxygen atoms in total. The van der Waals surface area contributed by atoms with E-state index in [0.717, 1.165) is 4.90 Å². The van der Waals surface area contributed by atoms with Crippen LogP contribution in [0, 0.1) is 0 Å². The van der Waals surface area contributed by atoms with Crippen molar-refractivity contribution >= 4 is 29.6 Å². The molecule has 2 aromatic carbocycles. The Kier molecular flexibility index (Phi) is 5.90. The molecule has 0 aromatic heterocycles. The molecule has 1 N–H and O–H groups in total. The first kappa shape index (κ1) is 19.8. The molecule has 7 heteroatoms. The van der Waals surface area contributed by atoms with Crippen molar-refractivity contribution in [2.75, 3.05) is 7.11 Å². The average molecular weight is 401 g/mol. The van der Waals surface area contributed by atoms with Crippen LogP contribution in [0.1, 0.15) is 25.0 Å². The SMILES string of the molecule is COc1cccc(C=C2NC(=O)N(Cc3ccccc3Cl)C2=O)c1OC(C)C. The molecule has 0 atom stereocenters. The highest BCUT2D eigenvalue weighted by atomic mass is 35.5. The molecule has 3 rings (SSSR count). The second-order valence-corrected chi connectivity index (χ2v) is 6.92. The standard InChI is InChI=1S/C21H21ClN2O4/c1-13(2)28-19-14(8-6-10-18(19)27-3)11-17-20(25)24(21(26)23-17)12-15-7-4-5-9-16(15)22/h4-11,13H,12H2,1-3H3,(H,23,26). The molecule has 28 heavy (non-hydrogen) atoms. The third-order valence-electron chi connectivity index (χ3n) is 4.13. The zero-order chi connectivity index (χ0) is 20.3. The zero-order valence-corrected chi connectivity index (χ0v) is 16.6. The molecule has 0 spiro atoms. The fourth-order valence-electron chi connectivity index (χ4n) is 2.84. The molecule has 0 unspecified atom stereocenters. The summed E-state index contributed by atoms with van der Waals surface area (Å²) in [5, 5.41) is 3.12. The Hall–Kier alpha value is -2.99. The third-order valence-corrected chi connectivity index (χ3v) is 4.50. The second-order valence-electron chi connectivity index (χ2n) is 6.52. The highest BCUT2D eigenvalue weighted by Crippen LogP contribution is 2.34. The Morgan fingerprint density at radius 1 is 1.14 bits per heavy atom. The van der Waals surface area contributed by atoms with Gasteiger partial charge in [0.25, 0.3) is 5.91 Å². The number of imide groups is 1. The molecule has 1 aliphatic heterocycles. The van der Waals surface area contributed by atoms with Crippen molar-refractivity contribution in [1.29, 1.82) is 0 Å². The lowest BCUT2D eigenvalue weighted by atomic mass is 10.1. The van der Waals surface area contributed by atoms with Crippen LogP contribution in [0.3, 0.4) is 0 Å². The van der Waals surface area contributed by atoms with Crippen LogP contribution < -0.4 is 14.8 Å². The normalized spacial score (nSPS) is 15.3. The Morgan fingerprint density at radius 3 is 2.57 bits per heavy atom. The van der Waals surface area contributed by atoms with Crippen LogP contribution in [0.5, 0.6) is 11.5 Å². The first-order valence-electron chi connectivity index (χ1n) is 8.82. The smallest absolute Gasteiger partial charge is 0.329 e. The van der Waals surface area contributed by atoms with Gasteiger partial charge in [-0.05, 0) is 37.6 Å². The third kappa shape index (κ3) is 4.12. The van der Waals surface area contributed by atoms with E-state index in [1.54, 1.807) is 49.6 Å². The molecule has 0 saturated carbocycles.